The fourth-order valence-electron chi connectivity index (χ4n) is 2.48. The monoisotopic (exact) mass is 423 g/mol. The summed E-state index contributed by atoms with van der Waals surface area (Å²) in [6.45, 7) is 4.60. The zero-order chi connectivity index (χ0) is 20.7. The molecule has 1 aromatic heterocycles. The van der Waals surface area contributed by atoms with Crippen molar-refractivity contribution in [3.8, 4) is 17.2 Å². The molecule has 0 saturated heterocycles. The minimum atomic E-state index is -0.0808. The van der Waals surface area contributed by atoms with Gasteiger partial charge in [0.15, 0.2) is 0 Å². The van der Waals surface area contributed by atoms with Gasteiger partial charge in [-0.3, -0.25) is 4.79 Å². The fraction of sp³-hybridized carbons (Fsp3) is 0.550. The van der Waals surface area contributed by atoms with Crippen molar-refractivity contribution in [1.82, 2.24) is 15.5 Å². The highest BCUT2D eigenvalue weighted by Gasteiger charge is 2.06. The van der Waals surface area contributed by atoms with Crippen molar-refractivity contribution in [2.24, 2.45) is 0 Å². The number of ether oxygens (including phenoxy) is 3. The van der Waals surface area contributed by atoms with Gasteiger partial charge in [0.25, 0.3) is 0 Å². The molecule has 1 aromatic carbocycles. The average molecular weight is 423 g/mol. The van der Waals surface area contributed by atoms with Crippen molar-refractivity contribution >= 4 is 20.8 Å². The standard InChI is InChI=1S/C20H30N3O5P/c1-2-3-4-5-10-21-18(24)15-26-12-11-25-13-14-27-17-8-6-16(7-9-17)19-22-23-20(29)28-19/h6-9H,2-5,10-15,29H2,1H3,(H,21,24). The first-order valence-electron chi connectivity index (χ1n) is 9.93. The van der Waals surface area contributed by atoms with Crippen LogP contribution in [0.25, 0.3) is 11.5 Å². The number of aromatic nitrogens is 2. The fourth-order valence-corrected chi connectivity index (χ4v) is 2.65. The van der Waals surface area contributed by atoms with Gasteiger partial charge in [0.1, 0.15) is 19.0 Å². The summed E-state index contributed by atoms with van der Waals surface area (Å²) in [5.41, 5.74) is 1.28. The lowest BCUT2D eigenvalue weighted by molar-refractivity contribution is -0.126. The Labute approximate surface area is 173 Å². The molecule has 1 unspecified atom stereocenters. The normalized spacial score (nSPS) is 10.8. The average Bonchev–Trinajstić information content (AvgIpc) is 3.16. The lowest BCUT2D eigenvalue weighted by Crippen LogP contribution is -2.29. The van der Waals surface area contributed by atoms with Crippen LogP contribution < -0.4 is 15.7 Å². The van der Waals surface area contributed by atoms with Crippen LogP contribution in [-0.2, 0) is 14.3 Å². The zero-order valence-corrected chi connectivity index (χ0v) is 18.0. The van der Waals surface area contributed by atoms with Crippen LogP contribution in [-0.4, -0.2) is 55.7 Å². The van der Waals surface area contributed by atoms with Crippen molar-refractivity contribution in [3.63, 3.8) is 0 Å². The predicted molar refractivity (Wildman–Crippen MR) is 113 cm³/mol. The van der Waals surface area contributed by atoms with Crippen LogP contribution in [0.5, 0.6) is 5.75 Å². The molecule has 0 saturated carbocycles. The van der Waals surface area contributed by atoms with E-state index < -0.39 is 0 Å². The molecule has 0 radical (unpaired) electrons. The first-order valence-corrected chi connectivity index (χ1v) is 10.5. The summed E-state index contributed by atoms with van der Waals surface area (Å²) in [6, 6.07) is 7.39. The first-order chi connectivity index (χ1) is 14.2. The third kappa shape index (κ3) is 9.83. The highest BCUT2D eigenvalue weighted by molar-refractivity contribution is 7.26. The molecule has 0 aliphatic carbocycles. The Balaban J connectivity index is 1.45. The van der Waals surface area contributed by atoms with E-state index in [1.54, 1.807) is 0 Å². The molecule has 0 aliphatic heterocycles. The predicted octanol–water partition coefficient (Wildman–Crippen LogP) is 2.35. The van der Waals surface area contributed by atoms with Gasteiger partial charge in [0.05, 0.1) is 19.8 Å². The van der Waals surface area contributed by atoms with Crippen LogP contribution in [0, 0.1) is 0 Å². The molecule has 0 aliphatic rings. The molecule has 1 amide bonds. The van der Waals surface area contributed by atoms with Gasteiger partial charge in [-0.2, -0.15) is 0 Å². The van der Waals surface area contributed by atoms with Gasteiger partial charge in [-0.05, 0) is 39.9 Å². The molecule has 2 rings (SSSR count). The molecule has 1 N–H and O–H groups in total. The summed E-state index contributed by atoms with van der Waals surface area (Å²) in [7, 11) is 2.36. The molecule has 29 heavy (non-hydrogen) atoms. The Morgan fingerprint density at radius 1 is 1.03 bits per heavy atom. The molecule has 0 bridgehead atoms. The van der Waals surface area contributed by atoms with Crippen LogP contribution in [0.1, 0.15) is 32.6 Å². The van der Waals surface area contributed by atoms with E-state index in [1.165, 1.54) is 12.8 Å². The largest absolute Gasteiger partial charge is 0.491 e. The van der Waals surface area contributed by atoms with Crippen molar-refractivity contribution < 1.29 is 23.4 Å². The summed E-state index contributed by atoms with van der Waals surface area (Å²) in [5, 5.41) is 10.6. The Bertz CT molecular complexity index is 708. The molecule has 160 valence electrons. The van der Waals surface area contributed by atoms with Crippen LogP contribution >= 0.6 is 9.24 Å². The summed E-state index contributed by atoms with van der Waals surface area (Å²) in [5.74, 6) is 1.12. The van der Waals surface area contributed by atoms with E-state index in [0.29, 0.717) is 44.5 Å². The molecule has 9 heteroatoms. The minimum Gasteiger partial charge on any atom is -0.491 e. The number of carbonyl (C=O) groups is 1. The second kappa shape index (κ2) is 14.0. The van der Waals surface area contributed by atoms with E-state index in [4.69, 9.17) is 18.6 Å². The van der Waals surface area contributed by atoms with Crippen LogP contribution in [0.2, 0.25) is 0 Å². The lowest BCUT2D eigenvalue weighted by atomic mass is 10.2. The van der Waals surface area contributed by atoms with Gasteiger partial charge in [-0.25, -0.2) is 0 Å². The van der Waals surface area contributed by atoms with E-state index >= 15 is 0 Å². The van der Waals surface area contributed by atoms with E-state index in [1.807, 2.05) is 24.3 Å². The Morgan fingerprint density at radius 3 is 2.52 bits per heavy atom. The molecule has 1 atom stereocenters. The molecule has 8 nitrogen and oxygen atoms in total. The maximum atomic E-state index is 11.6. The summed E-state index contributed by atoms with van der Waals surface area (Å²) >= 11 is 0. The van der Waals surface area contributed by atoms with Crippen molar-refractivity contribution in [1.29, 1.82) is 0 Å². The first kappa shape index (κ1) is 23.3. The Morgan fingerprint density at radius 2 is 1.79 bits per heavy atom. The number of carbonyl (C=O) groups excluding carboxylic acids is 1. The second-order valence-electron chi connectivity index (χ2n) is 6.39. The number of hydrogen-bond acceptors (Lipinski definition) is 7. The molecular formula is C20H30N3O5P. The van der Waals surface area contributed by atoms with E-state index in [-0.39, 0.29) is 12.5 Å². The van der Waals surface area contributed by atoms with Gasteiger partial charge in [-0.1, -0.05) is 26.2 Å². The highest BCUT2D eigenvalue weighted by atomic mass is 31.0. The number of nitrogens with one attached hydrogen (secondary N) is 1. The Kier molecular flexibility index (Phi) is 11.3. The van der Waals surface area contributed by atoms with E-state index in [0.717, 1.165) is 24.2 Å². The quantitative estimate of drug-likeness (QED) is 0.347. The lowest BCUT2D eigenvalue weighted by Gasteiger charge is -2.08. The number of hydrogen-bond donors (Lipinski definition) is 1. The molecular weight excluding hydrogens is 393 g/mol. The zero-order valence-electron chi connectivity index (χ0n) is 16.9. The third-order valence-corrected chi connectivity index (χ3v) is 4.23. The molecule has 0 fully saturated rings. The molecule has 1 heterocycles. The van der Waals surface area contributed by atoms with Gasteiger partial charge < -0.3 is 23.9 Å². The van der Waals surface area contributed by atoms with Gasteiger partial charge in [0, 0.05) is 12.1 Å². The van der Waals surface area contributed by atoms with E-state index in [9.17, 15) is 4.79 Å². The summed E-state index contributed by atoms with van der Waals surface area (Å²) in [6.07, 6.45) is 4.56. The van der Waals surface area contributed by atoms with Crippen molar-refractivity contribution in [3.05, 3.63) is 24.3 Å². The van der Waals surface area contributed by atoms with E-state index in [2.05, 4.69) is 31.7 Å². The number of rotatable bonds is 15. The summed E-state index contributed by atoms with van der Waals surface area (Å²) < 4.78 is 21.7. The van der Waals surface area contributed by atoms with Gasteiger partial charge in [0.2, 0.25) is 17.4 Å². The van der Waals surface area contributed by atoms with Gasteiger partial charge in [-0.15, -0.1) is 10.2 Å². The Hall–Kier alpha value is -2.02. The van der Waals surface area contributed by atoms with Crippen LogP contribution in [0.4, 0.5) is 0 Å². The number of amides is 1. The third-order valence-electron chi connectivity index (χ3n) is 4.00. The maximum Gasteiger partial charge on any atom is 0.248 e. The highest BCUT2D eigenvalue weighted by Crippen LogP contribution is 2.20. The van der Waals surface area contributed by atoms with Crippen LogP contribution in [0.15, 0.2) is 28.7 Å². The summed E-state index contributed by atoms with van der Waals surface area (Å²) in [4.78, 5) is 11.6. The topological polar surface area (TPSA) is 95.7 Å². The SMILES string of the molecule is CCCCCCNC(=O)COCCOCCOc1ccc(-c2nnc(P)o2)cc1. The maximum absolute atomic E-state index is 11.6. The number of nitrogens with zero attached hydrogens (tertiary/aromatic N) is 2. The minimum absolute atomic E-state index is 0.0677. The smallest absolute Gasteiger partial charge is 0.248 e. The second-order valence-corrected chi connectivity index (χ2v) is 6.89. The number of unbranched alkanes of at least 4 members (excludes halogenated alkanes) is 3. The molecule has 0 spiro atoms. The van der Waals surface area contributed by atoms with Gasteiger partial charge >= 0.3 is 0 Å². The van der Waals surface area contributed by atoms with Crippen molar-refractivity contribution in [2.45, 2.75) is 32.6 Å². The van der Waals surface area contributed by atoms with Crippen molar-refractivity contribution in [2.75, 3.05) is 39.6 Å². The molecule has 2 aromatic rings. The van der Waals surface area contributed by atoms with Crippen LogP contribution in [0.3, 0.4) is 0 Å². The number of benzene rings is 1.